The Kier molecular flexibility index (Phi) is 4.23. The fraction of sp³-hybridized carbons (Fsp3) is 0.333. The van der Waals surface area contributed by atoms with Crippen molar-refractivity contribution in [1.29, 1.82) is 0 Å². The Bertz CT molecular complexity index is 373. The summed E-state index contributed by atoms with van der Waals surface area (Å²) >= 11 is 7.27. The maximum atomic E-state index is 11.3. The molecule has 6 heteroatoms. The summed E-state index contributed by atoms with van der Waals surface area (Å²) in [7, 11) is 3.17. The van der Waals surface area contributed by atoms with Crippen LogP contribution < -0.4 is 4.31 Å². The van der Waals surface area contributed by atoms with Gasteiger partial charge in [0.05, 0.1) is 12.7 Å². The average molecular weight is 247 g/mol. The zero-order valence-corrected chi connectivity index (χ0v) is 10.2. The maximum Gasteiger partial charge on any atom is 0.338 e. The number of anilines is 1. The molecule has 0 spiro atoms. The van der Waals surface area contributed by atoms with E-state index in [1.807, 2.05) is 13.3 Å². The second-order valence-corrected chi connectivity index (χ2v) is 4.01. The van der Waals surface area contributed by atoms with E-state index in [-0.39, 0.29) is 5.15 Å². The minimum Gasteiger partial charge on any atom is -0.465 e. The lowest BCUT2D eigenvalue weighted by atomic mass is 10.2. The number of hydrogen-bond donors (Lipinski definition) is 0. The first-order chi connectivity index (χ1) is 7.08. The van der Waals surface area contributed by atoms with Gasteiger partial charge in [-0.3, -0.25) is 0 Å². The highest BCUT2D eigenvalue weighted by Crippen LogP contribution is 2.21. The van der Waals surface area contributed by atoms with Crippen LogP contribution in [0.25, 0.3) is 0 Å². The second kappa shape index (κ2) is 5.23. The van der Waals surface area contributed by atoms with E-state index >= 15 is 0 Å². The predicted molar refractivity (Wildman–Crippen MR) is 62.5 cm³/mol. The number of halogens is 1. The van der Waals surface area contributed by atoms with Crippen LogP contribution in [0.3, 0.4) is 0 Å². The Morgan fingerprint density at radius 2 is 2.27 bits per heavy atom. The Morgan fingerprint density at radius 3 is 2.80 bits per heavy atom. The lowest BCUT2D eigenvalue weighted by Gasteiger charge is -2.14. The van der Waals surface area contributed by atoms with E-state index in [9.17, 15) is 4.79 Å². The van der Waals surface area contributed by atoms with Crippen LogP contribution in [0.1, 0.15) is 10.4 Å². The molecule has 0 saturated heterocycles. The van der Waals surface area contributed by atoms with Gasteiger partial charge in [0.15, 0.2) is 0 Å². The molecule has 0 N–H and O–H groups in total. The van der Waals surface area contributed by atoms with Gasteiger partial charge in [0.1, 0.15) is 11.0 Å². The number of aromatic nitrogens is 1. The quantitative estimate of drug-likeness (QED) is 0.465. The molecule has 0 aromatic carbocycles. The minimum absolute atomic E-state index is 0.272. The van der Waals surface area contributed by atoms with Gasteiger partial charge >= 0.3 is 5.97 Å². The van der Waals surface area contributed by atoms with Gasteiger partial charge in [-0.2, -0.15) is 0 Å². The number of esters is 1. The molecule has 1 aromatic rings. The summed E-state index contributed by atoms with van der Waals surface area (Å²) in [5, 5.41) is 0.272. The molecule has 82 valence electrons. The molecule has 0 bridgehead atoms. The highest BCUT2D eigenvalue weighted by molar-refractivity contribution is 7.99. The number of methoxy groups -OCH3 is 1. The monoisotopic (exact) mass is 246 g/mol. The van der Waals surface area contributed by atoms with Crippen LogP contribution in [0.15, 0.2) is 12.1 Å². The van der Waals surface area contributed by atoms with Crippen LogP contribution in [0.4, 0.5) is 5.82 Å². The van der Waals surface area contributed by atoms with E-state index < -0.39 is 5.97 Å². The van der Waals surface area contributed by atoms with Crippen molar-refractivity contribution in [2.75, 3.05) is 24.7 Å². The summed E-state index contributed by atoms with van der Waals surface area (Å²) in [4.78, 5) is 15.4. The standard InChI is InChI=1S/C9H11ClN2O2S/c1-12(15-3)8-5-6(9(13)14-2)4-7(10)11-8/h4-5H,1-3H3. The Balaban J connectivity index is 3.10. The lowest BCUT2D eigenvalue weighted by molar-refractivity contribution is 0.0600. The zero-order valence-electron chi connectivity index (χ0n) is 8.65. The van der Waals surface area contributed by atoms with E-state index in [1.165, 1.54) is 25.1 Å². The number of hydrogen-bond acceptors (Lipinski definition) is 5. The van der Waals surface area contributed by atoms with Gasteiger partial charge in [-0.1, -0.05) is 23.5 Å². The molecule has 1 heterocycles. The molecule has 0 radical (unpaired) electrons. The van der Waals surface area contributed by atoms with Crippen molar-refractivity contribution in [1.82, 2.24) is 4.98 Å². The first kappa shape index (κ1) is 12.1. The number of nitrogens with zero attached hydrogens (tertiary/aromatic N) is 2. The van der Waals surface area contributed by atoms with Crippen LogP contribution >= 0.6 is 23.5 Å². The molecule has 0 amide bonds. The molecular weight excluding hydrogens is 236 g/mol. The molecule has 15 heavy (non-hydrogen) atoms. The van der Waals surface area contributed by atoms with Crippen LogP contribution in [-0.2, 0) is 4.74 Å². The summed E-state index contributed by atoms with van der Waals surface area (Å²) in [6, 6.07) is 3.11. The predicted octanol–water partition coefficient (Wildman–Crippen LogP) is 2.24. The molecule has 0 atom stereocenters. The highest BCUT2D eigenvalue weighted by atomic mass is 35.5. The third-order valence-electron chi connectivity index (χ3n) is 1.80. The number of rotatable bonds is 3. The van der Waals surface area contributed by atoms with Crippen molar-refractivity contribution < 1.29 is 9.53 Å². The van der Waals surface area contributed by atoms with Gasteiger partial charge in [0.25, 0.3) is 0 Å². The molecular formula is C9H11ClN2O2S. The van der Waals surface area contributed by atoms with Crippen molar-refractivity contribution in [2.45, 2.75) is 0 Å². The van der Waals surface area contributed by atoms with E-state index in [4.69, 9.17) is 11.6 Å². The van der Waals surface area contributed by atoms with Crippen LogP contribution in [0.5, 0.6) is 0 Å². The van der Waals surface area contributed by atoms with Crippen LogP contribution in [0.2, 0.25) is 5.15 Å². The van der Waals surface area contributed by atoms with Gasteiger partial charge < -0.3 is 9.04 Å². The maximum absolute atomic E-state index is 11.3. The van der Waals surface area contributed by atoms with Gasteiger partial charge in [0.2, 0.25) is 0 Å². The molecule has 4 nitrogen and oxygen atoms in total. The average Bonchev–Trinajstić information content (AvgIpc) is 2.26. The highest BCUT2D eigenvalue weighted by Gasteiger charge is 2.11. The van der Waals surface area contributed by atoms with Gasteiger partial charge in [-0.05, 0) is 12.1 Å². The first-order valence-corrected chi connectivity index (χ1v) is 5.68. The summed E-state index contributed by atoms with van der Waals surface area (Å²) in [6.45, 7) is 0. The van der Waals surface area contributed by atoms with Crippen molar-refractivity contribution in [3.8, 4) is 0 Å². The van der Waals surface area contributed by atoms with Crippen molar-refractivity contribution >= 4 is 35.3 Å². The third-order valence-corrected chi connectivity index (χ3v) is 2.73. The molecule has 1 rings (SSSR count). The summed E-state index contributed by atoms with van der Waals surface area (Å²) < 4.78 is 6.41. The third kappa shape index (κ3) is 3.00. The largest absolute Gasteiger partial charge is 0.465 e. The molecule has 0 saturated carbocycles. The van der Waals surface area contributed by atoms with Crippen LogP contribution in [0, 0.1) is 0 Å². The Labute approximate surface area is 97.7 Å². The topological polar surface area (TPSA) is 42.4 Å². The number of carbonyl (C=O) groups excluding carboxylic acids is 1. The Hall–Kier alpha value is -0.940. The Morgan fingerprint density at radius 1 is 1.60 bits per heavy atom. The molecule has 0 unspecified atom stereocenters. The van der Waals surface area contributed by atoms with Crippen molar-refractivity contribution in [3.63, 3.8) is 0 Å². The summed E-state index contributed by atoms with van der Waals surface area (Å²) in [5.74, 6) is 0.199. The second-order valence-electron chi connectivity index (χ2n) is 2.71. The van der Waals surface area contributed by atoms with E-state index in [2.05, 4.69) is 9.72 Å². The molecule has 0 aliphatic heterocycles. The fourth-order valence-corrected chi connectivity index (χ4v) is 1.46. The van der Waals surface area contributed by atoms with Gasteiger partial charge in [0, 0.05) is 13.3 Å². The molecule has 1 aromatic heterocycles. The number of carbonyl (C=O) groups is 1. The molecule has 0 fully saturated rings. The molecule has 0 aliphatic rings. The van der Waals surface area contributed by atoms with Crippen LogP contribution in [-0.4, -0.2) is 31.4 Å². The normalized spacial score (nSPS) is 9.87. The van der Waals surface area contributed by atoms with E-state index in [1.54, 1.807) is 10.4 Å². The van der Waals surface area contributed by atoms with Crippen molar-refractivity contribution in [2.24, 2.45) is 0 Å². The SMILES string of the molecule is COC(=O)c1cc(Cl)nc(N(C)SC)c1. The smallest absolute Gasteiger partial charge is 0.338 e. The molecule has 0 aliphatic carbocycles. The first-order valence-electron chi connectivity index (χ1n) is 4.12. The lowest BCUT2D eigenvalue weighted by Crippen LogP contribution is -2.10. The summed E-state index contributed by atoms with van der Waals surface area (Å²) in [5.41, 5.74) is 0.397. The summed E-state index contributed by atoms with van der Waals surface area (Å²) in [6.07, 6.45) is 1.90. The minimum atomic E-state index is -0.421. The van der Waals surface area contributed by atoms with E-state index in [0.717, 1.165) is 0 Å². The van der Waals surface area contributed by atoms with E-state index in [0.29, 0.717) is 11.4 Å². The zero-order chi connectivity index (χ0) is 11.4. The van der Waals surface area contributed by atoms with Gasteiger partial charge in [-0.25, -0.2) is 9.78 Å². The van der Waals surface area contributed by atoms with Crippen molar-refractivity contribution in [3.05, 3.63) is 22.8 Å². The fourth-order valence-electron chi connectivity index (χ4n) is 0.974. The van der Waals surface area contributed by atoms with Gasteiger partial charge in [-0.15, -0.1) is 0 Å². The number of ether oxygens (including phenoxy) is 1. The number of pyridine rings is 1.